The quantitative estimate of drug-likeness (QED) is 0.841. The molecule has 1 aromatic rings. The van der Waals surface area contributed by atoms with Gasteiger partial charge in [0.05, 0.1) is 12.8 Å². The Bertz CT molecular complexity index is 378. The number of aryl methyl sites for hydroxylation is 1. The predicted molar refractivity (Wildman–Crippen MR) is 71.6 cm³/mol. The summed E-state index contributed by atoms with van der Waals surface area (Å²) in [4.78, 5) is 0. The first kappa shape index (κ1) is 12.2. The summed E-state index contributed by atoms with van der Waals surface area (Å²) in [6.07, 6.45) is 4.53. The van der Waals surface area contributed by atoms with Gasteiger partial charge in [-0.15, -0.1) is 0 Å². The van der Waals surface area contributed by atoms with Crippen LogP contribution >= 0.6 is 0 Å². The fourth-order valence-corrected chi connectivity index (χ4v) is 2.46. The largest absolute Gasteiger partial charge is 0.495 e. The third-order valence-corrected chi connectivity index (χ3v) is 3.58. The number of nitrogens with one attached hydrogen (secondary N) is 1. The number of nitrogens with two attached hydrogens (primary N) is 1. The summed E-state index contributed by atoms with van der Waals surface area (Å²) < 4.78 is 5.39. The molecule has 3 N–H and O–H groups in total. The second-order valence-corrected chi connectivity index (χ2v) is 4.73. The maximum atomic E-state index is 6.09. The molecule has 3 heteroatoms. The maximum Gasteiger partial charge on any atom is 0.141 e. The summed E-state index contributed by atoms with van der Waals surface area (Å²) >= 11 is 0. The van der Waals surface area contributed by atoms with Crippen molar-refractivity contribution in [3.05, 3.63) is 23.8 Å². The lowest BCUT2D eigenvalue weighted by Gasteiger charge is -2.21. The van der Waals surface area contributed by atoms with Crippen molar-refractivity contribution in [2.75, 3.05) is 12.4 Å². The molecule has 2 unspecified atom stereocenters. The van der Waals surface area contributed by atoms with Crippen molar-refractivity contribution in [2.24, 2.45) is 5.73 Å². The third kappa shape index (κ3) is 2.72. The molecule has 1 aromatic carbocycles. The summed E-state index contributed by atoms with van der Waals surface area (Å²) in [5.41, 5.74) is 8.48. The van der Waals surface area contributed by atoms with Crippen molar-refractivity contribution < 1.29 is 4.74 Å². The number of methoxy groups -OCH3 is 1. The first-order valence-corrected chi connectivity index (χ1v) is 6.43. The Morgan fingerprint density at radius 2 is 2.24 bits per heavy atom. The number of benzene rings is 1. The van der Waals surface area contributed by atoms with Crippen molar-refractivity contribution in [1.29, 1.82) is 0 Å². The topological polar surface area (TPSA) is 47.3 Å². The van der Waals surface area contributed by atoms with Crippen LogP contribution in [0.2, 0.25) is 0 Å². The second kappa shape index (κ2) is 5.41. The molecule has 3 nitrogen and oxygen atoms in total. The number of hydrogen-bond donors (Lipinski definition) is 2. The molecule has 0 spiro atoms. The van der Waals surface area contributed by atoms with Crippen molar-refractivity contribution in [3.63, 3.8) is 0 Å². The van der Waals surface area contributed by atoms with Gasteiger partial charge in [-0.1, -0.05) is 13.0 Å². The highest BCUT2D eigenvalue weighted by atomic mass is 16.5. The van der Waals surface area contributed by atoms with Crippen LogP contribution in [0.3, 0.4) is 0 Å². The number of ether oxygens (including phenoxy) is 1. The molecule has 17 heavy (non-hydrogen) atoms. The van der Waals surface area contributed by atoms with E-state index in [0.717, 1.165) is 30.7 Å². The molecule has 1 fully saturated rings. The minimum atomic E-state index is 0.269. The van der Waals surface area contributed by atoms with Gasteiger partial charge in [-0.2, -0.15) is 0 Å². The molecule has 1 aliphatic carbocycles. The van der Waals surface area contributed by atoms with Crippen LogP contribution in [-0.2, 0) is 6.42 Å². The molecule has 0 radical (unpaired) electrons. The van der Waals surface area contributed by atoms with Crippen molar-refractivity contribution >= 4 is 5.69 Å². The van der Waals surface area contributed by atoms with Gasteiger partial charge >= 0.3 is 0 Å². The Labute approximate surface area is 103 Å². The lowest BCUT2D eigenvalue weighted by Crippen LogP contribution is -2.35. The van der Waals surface area contributed by atoms with E-state index in [1.54, 1.807) is 7.11 Å². The summed E-state index contributed by atoms with van der Waals surface area (Å²) in [5.74, 6) is 0.904. The van der Waals surface area contributed by atoms with Gasteiger partial charge in [0.15, 0.2) is 0 Å². The van der Waals surface area contributed by atoms with E-state index in [0.29, 0.717) is 6.04 Å². The van der Waals surface area contributed by atoms with Gasteiger partial charge in [-0.05, 0) is 43.4 Å². The molecule has 2 atom stereocenters. The predicted octanol–water partition coefficient (Wildman–Crippen LogP) is 2.55. The van der Waals surface area contributed by atoms with Crippen LogP contribution in [0.5, 0.6) is 5.75 Å². The Morgan fingerprint density at radius 3 is 2.82 bits per heavy atom. The smallest absolute Gasteiger partial charge is 0.141 e. The molecule has 0 saturated heterocycles. The summed E-state index contributed by atoms with van der Waals surface area (Å²) in [5, 5.41) is 3.53. The van der Waals surface area contributed by atoms with Gasteiger partial charge in [0.1, 0.15) is 5.75 Å². The van der Waals surface area contributed by atoms with Crippen molar-refractivity contribution in [3.8, 4) is 5.75 Å². The lowest BCUT2D eigenvalue weighted by atomic mass is 10.1. The van der Waals surface area contributed by atoms with Crippen LogP contribution in [0.15, 0.2) is 18.2 Å². The first-order chi connectivity index (χ1) is 8.24. The van der Waals surface area contributed by atoms with Gasteiger partial charge < -0.3 is 15.8 Å². The molecule has 0 bridgehead atoms. The Hall–Kier alpha value is -1.22. The van der Waals surface area contributed by atoms with E-state index in [4.69, 9.17) is 10.5 Å². The Kier molecular flexibility index (Phi) is 3.89. The zero-order valence-corrected chi connectivity index (χ0v) is 10.7. The van der Waals surface area contributed by atoms with E-state index < -0.39 is 0 Å². The van der Waals surface area contributed by atoms with Gasteiger partial charge in [0.2, 0.25) is 0 Å². The number of rotatable bonds is 4. The van der Waals surface area contributed by atoms with Crippen molar-refractivity contribution in [1.82, 2.24) is 0 Å². The SMILES string of the molecule is CCc1ccc(OC)c(NC2CCCC2N)c1. The molecule has 94 valence electrons. The minimum Gasteiger partial charge on any atom is -0.495 e. The standard InChI is InChI=1S/C14H22N2O/c1-3-10-7-8-14(17-2)13(9-10)16-12-6-4-5-11(12)15/h7-9,11-12,16H,3-6,15H2,1-2H3. The van der Waals surface area contributed by atoms with Gasteiger partial charge in [0, 0.05) is 12.1 Å². The Balaban J connectivity index is 2.17. The normalized spacial score (nSPS) is 23.7. The Morgan fingerprint density at radius 1 is 1.41 bits per heavy atom. The molecular weight excluding hydrogens is 212 g/mol. The van der Waals surface area contributed by atoms with Gasteiger partial charge in [0.25, 0.3) is 0 Å². The molecule has 2 rings (SSSR count). The first-order valence-electron chi connectivity index (χ1n) is 6.43. The number of hydrogen-bond acceptors (Lipinski definition) is 3. The molecule has 1 saturated carbocycles. The van der Waals surface area contributed by atoms with E-state index in [-0.39, 0.29) is 6.04 Å². The van der Waals surface area contributed by atoms with Crippen LogP contribution in [0.4, 0.5) is 5.69 Å². The van der Waals surface area contributed by atoms with Crippen LogP contribution in [0.25, 0.3) is 0 Å². The van der Waals surface area contributed by atoms with Crippen LogP contribution in [0, 0.1) is 0 Å². The highest BCUT2D eigenvalue weighted by molar-refractivity contribution is 5.59. The van der Waals surface area contributed by atoms with Crippen LogP contribution in [0.1, 0.15) is 31.7 Å². The van der Waals surface area contributed by atoms with Crippen LogP contribution in [-0.4, -0.2) is 19.2 Å². The molecular formula is C14H22N2O. The highest BCUT2D eigenvalue weighted by Gasteiger charge is 2.24. The van der Waals surface area contributed by atoms with Gasteiger partial charge in [-0.25, -0.2) is 0 Å². The van der Waals surface area contributed by atoms with E-state index >= 15 is 0 Å². The average Bonchev–Trinajstić information content (AvgIpc) is 2.75. The van der Waals surface area contributed by atoms with Gasteiger partial charge in [-0.3, -0.25) is 0 Å². The lowest BCUT2D eigenvalue weighted by molar-refractivity contribution is 0.415. The summed E-state index contributed by atoms with van der Waals surface area (Å²) in [6, 6.07) is 6.96. The maximum absolute atomic E-state index is 6.09. The molecule has 1 aliphatic rings. The molecule has 0 amide bonds. The van der Waals surface area contributed by atoms with E-state index in [2.05, 4.69) is 24.4 Å². The minimum absolute atomic E-state index is 0.269. The highest BCUT2D eigenvalue weighted by Crippen LogP contribution is 2.29. The van der Waals surface area contributed by atoms with E-state index in [1.165, 1.54) is 12.0 Å². The summed E-state index contributed by atoms with van der Waals surface area (Å²) in [6.45, 7) is 2.16. The molecule has 0 aliphatic heterocycles. The second-order valence-electron chi connectivity index (χ2n) is 4.73. The van der Waals surface area contributed by atoms with E-state index in [9.17, 15) is 0 Å². The summed E-state index contributed by atoms with van der Waals surface area (Å²) in [7, 11) is 1.71. The van der Waals surface area contributed by atoms with E-state index in [1.807, 2.05) is 6.07 Å². The fourth-order valence-electron chi connectivity index (χ4n) is 2.46. The number of anilines is 1. The third-order valence-electron chi connectivity index (χ3n) is 3.58. The zero-order chi connectivity index (χ0) is 12.3. The zero-order valence-electron chi connectivity index (χ0n) is 10.7. The van der Waals surface area contributed by atoms with Crippen LogP contribution < -0.4 is 15.8 Å². The molecule has 0 aromatic heterocycles. The fraction of sp³-hybridized carbons (Fsp3) is 0.571. The molecule has 0 heterocycles. The average molecular weight is 234 g/mol. The monoisotopic (exact) mass is 234 g/mol. The van der Waals surface area contributed by atoms with Crippen molar-refractivity contribution in [2.45, 2.75) is 44.7 Å².